The van der Waals surface area contributed by atoms with Crippen LogP contribution in [-0.4, -0.2) is 27.5 Å². The highest BCUT2D eigenvalue weighted by Crippen LogP contribution is 2.35. The van der Waals surface area contributed by atoms with Gasteiger partial charge < -0.3 is 10.4 Å². The van der Waals surface area contributed by atoms with Crippen molar-refractivity contribution in [3.63, 3.8) is 0 Å². The highest BCUT2D eigenvalue weighted by atomic mass is 16.4. The molecule has 0 atom stereocenters. The van der Waals surface area contributed by atoms with Crippen molar-refractivity contribution >= 4 is 22.8 Å². The van der Waals surface area contributed by atoms with Crippen LogP contribution in [0.2, 0.25) is 0 Å². The van der Waals surface area contributed by atoms with Gasteiger partial charge >= 0.3 is 5.97 Å². The largest absolute Gasteiger partial charge is 0.481 e. The second-order valence-corrected chi connectivity index (χ2v) is 5.57. The third-order valence-corrected chi connectivity index (χ3v) is 4.04. The summed E-state index contributed by atoms with van der Waals surface area (Å²) >= 11 is 0. The van der Waals surface area contributed by atoms with Gasteiger partial charge in [-0.15, -0.1) is 0 Å². The Kier molecular flexibility index (Phi) is 3.33. The van der Waals surface area contributed by atoms with Crippen LogP contribution in [0.5, 0.6) is 0 Å². The molecule has 1 fully saturated rings. The molecule has 0 spiro atoms. The number of amides is 1. The van der Waals surface area contributed by atoms with E-state index in [2.05, 4.69) is 10.3 Å². The number of carbonyl (C=O) groups excluding carboxylic acids is 1. The van der Waals surface area contributed by atoms with E-state index in [-0.39, 0.29) is 12.3 Å². The van der Waals surface area contributed by atoms with Crippen LogP contribution in [0.3, 0.4) is 0 Å². The number of hydrogen-bond donors (Lipinski definition) is 2. The van der Waals surface area contributed by atoms with E-state index in [1.807, 2.05) is 12.1 Å². The summed E-state index contributed by atoms with van der Waals surface area (Å²) in [6.45, 7) is 0. The number of pyridine rings is 1. The van der Waals surface area contributed by atoms with Gasteiger partial charge in [-0.3, -0.25) is 14.6 Å². The Labute approximate surface area is 122 Å². The van der Waals surface area contributed by atoms with Crippen LogP contribution < -0.4 is 5.32 Å². The van der Waals surface area contributed by atoms with Gasteiger partial charge in [0.2, 0.25) is 0 Å². The monoisotopic (exact) mass is 284 g/mol. The first kappa shape index (κ1) is 13.5. The molecule has 5 nitrogen and oxygen atoms in total. The van der Waals surface area contributed by atoms with E-state index in [0.717, 1.165) is 30.2 Å². The number of carbonyl (C=O) groups is 2. The minimum absolute atomic E-state index is 0.0200. The van der Waals surface area contributed by atoms with Gasteiger partial charge in [-0.1, -0.05) is 6.07 Å². The molecular formula is C16H16N2O3. The smallest absolute Gasteiger partial charge is 0.305 e. The zero-order chi connectivity index (χ0) is 14.9. The molecule has 0 bridgehead atoms. The number of carboxylic acids is 1. The van der Waals surface area contributed by atoms with Crippen LogP contribution in [0.15, 0.2) is 36.5 Å². The van der Waals surface area contributed by atoms with Crippen LogP contribution in [0.4, 0.5) is 0 Å². The van der Waals surface area contributed by atoms with Crippen molar-refractivity contribution in [3.05, 3.63) is 42.1 Å². The third kappa shape index (κ3) is 2.72. The Hall–Kier alpha value is -2.43. The SMILES string of the molecule is O=C(O)CC1(NC(=O)c2ccc3ncccc3c2)CCC1. The third-order valence-electron chi connectivity index (χ3n) is 4.04. The molecule has 1 aliphatic carbocycles. The zero-order valence-electron chi connectivity index (χ0n) is 11.5. The van der Waals surface area contributed by atoms with E-state index in [1.54, 1.807) is 24.4 Å². The topological polar surface area (TPSA) is 79.3 Å². The predicted molar refractivity (Wildman–Crippen MR) is 78.0 cm³/mol. The van der Waals surface area contributed by atoms with Gasteiger partial charge in [0.25, 0.3) is 5.91 Å². The molecule has 1 aromatic carbocycles. The van der Waals surface area contributed by atoms with Crippen molar-refractivity contribution in [1.82, 2.24) is 10.3 Å². The summed E-state index contributed by atoms with van der Waals surface area (Å²) in [5, 5.41) is 12.8. The van der Waals surface area contributed by atoms with Crippen LogP contribution in [0.1, 0.15) is 36.0 Å². The van der Waals surface area contributed by atoms with Crippen LogP contribution in [0, 0.1) is 0 Å². The fraction of sp³-hybridized carbons (Fsp3) is 0.312. The summed E-state index contributed by atoms with van der Waals surface area (Å²) in [6.07, 6.45) is 4.09. The maximum Gasteiger partial charge on any atom is 0.305 e. The van der Waals surface area contributed by atoms with Gasteiger partial charge in [0, 0.05) is 17.1 Å². The number of aromatic nitrogens is 1. The molecule has 1 heterocycles. The van der Waals surface area contributed by atoms with E-state index in [1.165, 1.54) is 0 Å². The maximum atomic E-state index is 12.4. The van der Waals surface area contributed by atoms with Crippen molar-refractivity contribution in [1.29, 1.82) is 0 Å². The number of carboxylic acid groups (broad SMARTS) is 1. The normalized spacial score (nSPS) is 16.2. The molecule has 1 amide bonds. The first-order valence-electron chi connectivity index (χ1n) is 6.97. The van der Waals surface area contributed by atoms with Crippen LogP contribution >= 0.6 is 0 Å². The molecule has 0 aliphatic heterocycles. The Balaban J connectivity index is 1.81. The Morgan fingerprint density at radius 3 is 2.76 bits per heavy atom. The summed E-state index contributed by atoms with van der Waals surface area (Å²) in [5.41, 5.74) is 0.789. The maximum absolute atomic E-state index is 12.4. The van der Waals surface area contributed by atoms with Crippen molar-refractivity contribution in [2.45, 2.75) is 31.2 Å². The van der Waals surface area contributed by atoms with Crippen molar-refractivity contribution in [2.75, 3.05) is 0 Å². The first-order chi connectivity index (χ1) is 10.1. The lowest BCUT2D eigenvalue weighted by Crippen LogP contribution is -2.54. The van der Waals surface area contributed by atoms with Gasteiger partial charge in [0.05, 0.1) is 17.5 Å². The number of rotatable bonds is 4. The molecule has 0 radical (unpaired) electrons. The lowest BCUT2D eigenvalue weighted by Gasteiger charge is -2.41. The fourth-order valence-electron chi connectivity index (χ4n) is 2.77. The highest BCUT2D eigenvalue weighted by molar-refractivity contribution is 5.98. The van der Waals surface area contributed by atoms with Gasteiger partial charge in [0.1, 0.15) is 0 Å². The summed E-state index contributed by atoms with van der Waals surface area (Å²) in [7, 11) is 0. The minimum Gasteiger partial charge on any atom is -0.481 e. The number of aliphatic carboxylic acids is 1. The van der Waals surface area contributed by atoms with E-state index >= 15 is 0 Å². The molecule has 1 saturated carbocycles. The van der Waals surface area contributed by atoms with Crippen molar-refractivity contribution in [3.8, 4) is 0 Å². The van der Waals surface area contributed by atoms with Crippen molar-refractivity contribution in [2.24, 2.45) is 0 Å². The molecule has 0 saturated heterocycles. The number of benzene rings is 1. The summed E-state index contributed by atoms with van der Waals surface area (Å²) in [4.78, 5) is 27.5. The molecule has 108 valence electrons. The Bertz CT molecular complexity index is 707. The second-order valence-electron chi connectivity index (χ2n) is 5.57. The van der Waals surface area contributed by atoms with Gasteiger partial charge in [0.15, 0.2) is 0 Å². The fourth-order valence-corrected chi connectivity index (χ4v) is 2.77. The molecular weight excluding hydrogens is 268 g/mol. The summed E-state index contributed by atoms with van der Waals surface area (Å²) in [6, 6.07) is 9.02. The summed E-state index contributed by atoms with van der Waals surface area (Å²) < 4.78 is 0. The number of fused-ring (bicyclic) bond motifs is 1. The lowest BCUT2D eigenvalue weighted by atomic mass is 9.74. The van der Waals surface area contributed by atoms with E-state index in [0.29, 0.717) is 5.56 Å². The molecule has 2 N–H and O–H groups in total. The van der Waals surface area contributed by atoms with Crippen molar-refractivity contribution < 1.29 is 14.7 Å². The van der Waals surface area contributed by atoms with E-state index in [9.17, 15) is 9.59 Å². The second kappa shape index (κ2) is 5.16. The van der Waals surface area contributed by atoms with E-state index < -0.39 is 11.5 Å². The molecule has 5 heteroatoms. The Morgan fingerprint density at radius 1 is 1.29 bits per heavy atom. The number of nitrogens with one attached hydrogen (secondary N) is 1. The molecule has 1 aromatic heterocycles. The molecule has 3 rings (SSSR count). The van der Waals surface area contributed by atoms with Gasteiger partial charge in [-0.2, -0.15) is 0 Å². The molecule has 0 unspecified atom stereocenters. The molecule has 21 heavy (non-hydrogen) atoms. The number of hydrogen-bond acceptors (Lipinski definition) is 3. The van der Waals surface area contributed by atoms with Gasteiger partial charge in [-0.25, -0.2) is 0 Å². The van der Waals surface area contributed by atoms with E-state index in [4.69, 9.17) is 5.11 Å². The molecule has 2 aromatic rings. The standard InChI is InChI=1S/C16H16N2O3/c19-14(20)10-16(6-2-7-16)18-15(21)12-4-5-13-11(9-12)3-1-8-17-13/h1,3-5,8-9H,2,6-7,10H2,(H,18,21)(H,19,20). The average molecular weight is 284 g/mol. The minimum atomic E-state index is -0.877. The van der Waals surface area contributed by atoms with Crippen LogP contribution in [-0.2, 0) is 4.79 Å². The summed E-state index contributed by atoms with van der Waals surface area (Å²) in [5.74, 6) is -1.10. The molecule has 1 aliphatic rings. The highest BCUT2D eigenvalue weighted by Gasteiger charge is 2.40. The Morgan fingerprint density at radius 2 is 2.10 bits per heavy atom. The quantitative estimate of drug-likeness (QED) is 0.903. The lowest BCUT2D eigenvalue weighted by molar-refractivity contribution is -0.139. The van der Waals surface area contributed by atoms with Crippen LogP contribution in [0.25, 0.3) is 10.9 Å². The predicted octanol–water partition coefficient (Wildman–Crippen LogP) is 2.36. The zero-order valence-corrected chi connectivity index (χ0v) is 11.5. The number of nitrogens with zero attached hydrogens (tertiary/aromatic N) is 1. The first-order valence-corrected chi connectivity index (χ1v) is 6.97. The average Bonchev–Trinajstić information content (AvgIpc) is 2.43. The van der Waals surface area contributed by atoms with Gasteiger partial charge in [-0.05, 0) is 43.5 Å².